The van der Waals surface area contributed by atoms with Crippen LogP contribution in [0, 0.1) is 0 Å². The van der Waals surface area contributed by atoms with E-state index in [-0.39, 0.29) is 17.6 Å². The lowest BCUT2D eigenvalue weighted by Crippen LogP contribution is -2.31. The maximum Gasteiger partial charge on any atom is 0.253 e. The Hall–Kier alpha value is -2.54. The maximum atomic E-state index is 12.7. The van der Waals surface area contributed by atoms with E-state index in [1.54, 1.807) is 44.4 Å². The lowest BCUT2D eigenvalue weighted by atomic mass is 9.95. The molecule has 6 nitrogen and oxygen atoms in total. The third-order valence-electron chi connectivity index (χ3n) is 4.58. The van der Waals surface area contributed by atoms with Crippen LogP contribution in [0.1, 0.15) is 28.3 Å². The maximum absolute atomic E-state index is 12.7. The van der Waals surface area contributed by atoms with Crippen LogP contribution >= 0.6 is 0 Å². The lowest BCUT2D eigenvalue weighted by Gasteiger charge is -2.25. The average molecular weight is 406 g/mol. The second-order valence-corrected chi connectivity index (χ2v) is 9.04. The summed E-state index contributed by atoms with van der Waals surface area (Å²) in [4.78, 5) is 14.3. The molecule has 1 unspecified atom stereocenters. The number of nitrogens with zero attached hydrogens (tertiary/aromatic N) is 1. The van der Waals surface area contributed by atoms with Crippen LogP contribution < -0.4 is 9.47 Å². The minimum Gasteiger partial charge on any atom is -0.493 e. The predicted octanol–water partition coefficient (Wildman–Crippen LogP) is 2.99. The Balaban J connectivity index is 2.27. The average Bonchev–Trinajstić information content (AvgIpc) is 2.69. The van der Waals surface area contributed by atoms with Crippen LogP contribution in [0.4, 0.5) is 0 Å². The van der Waals surface area contributed by atoms with Crippen molar-refractivity contribution in [3.8, 4) is 11.5 Å². The van der Waals surface area contributed by atoms with Crippen LogP contribution in [-0.2, 0) is 9.84 Å². The summed E-state index contributed by atoms with van der Waals surface area (Å²) < 4.78 is 34.1. The highest BCUT2D eigenvalue weighted by atomic mass is 32.2. The Morgan fingerprint density at radius 3 is 2.25 bits per heavy atom. The van der Waals surface area contributed by atoms with E-state index in [2.05, 4.69) is 0 Å². The Morgan fingerprint density at radius 2 is 1.68 bits per heavy atom. The number of amides is 1. The van der Waals surface area contributed by atoms with Gasteiger partial charge < -0.3 is 14.4 Å². The molecule has 0 bridgehead atoms. The van der Waals surface area contributed by atoms with Gasteiger partial charge in [-0.3, -0.25) is 4.79 Å². The number of methoxy groups -OCH3 is 2. The fourth-order valence-electron chi connectivity index (χ4n) is 3.04. The van der Waals surface area contributed by atoms with Crippen LogP contribution in [-0.4, -0.2) is 59.0 Å². The molecule has 28 heavy (non-hydrogen) atoms. The molecule has 0 aromatic heterocycles. The molecule has 1 amide bonds. The fraction of sp³-hybridized carbons (Fsp3) is 0.381. The van der Waals surface area contributed by atoms with Gasteiger partial charge in [-0.15, -0.1) is 0 Å². The van der Waals surface area contributed by atoms with Crippen molar-refractivity contribution in [1.29, 1.82) is 0 Å². The largest absolute Gasteiger partial charge is 0.493 e. The van der Waals surface area contributed by atoms with Gasteiger partial charge >= 0.3 is 0 Å². The third-order valence-corrected chi connectivity index (χ3v) is 5.56. The Bertz CT molecular complexity index is 896. The van der Waals surface area contributed by atoms with Gasteiger partial charge in [0.1, 0.15) is 9.84 Å². The van der Waals surface area contributed by atoms with E-state index in [9.17, 15) is 13.2 Å². The van der Waals surface area contributed by atoms with Gasteiger partial charge in [0.25, 0.3) is 5.91 Å². The van der Waals surface area contributed by atoms with Gasteiger partial charge in [-0.25, -0.2) is 8.42 Å². The number of likely N-dealkylation sites (N-methyl/N-ethyl adjacent to an activating group) is 1. The van der Waals surface area contributed by atoms with E-state index in [1.807, 2.05) is 30.3 Å². The molecule has 0 heterocycles. The van der Waals surface area contributed by atoms with E-state index in [0.29, 0.717) is 30.0 Å². The standard InChI is InChI=1S/C21H27NO5S/c1-22(21(23)16-8-6-5-7-9-16)15-18(12-13-28(4,24)25)17-10-11-19(26-2)20(14-17)27-3/h5-11,14,18H,12-13,15H2,1-4H3. The van der Waals surface area contributed by atoms with E-state index in [0.717, 1.165) is 5.56 Å². The van der Waals surface area contributed by atoms with E-state index >= 15 is 0 Å². The molecule has 0 saturated heterocycles. The minimum absolute atomic E-state index is 0.0411. The molecule has 0 saturated carbocycles. The van der Waals surface area contributed by atoms with Gasteiger partial charge in [-0.1, -0.05) is 24.3 Å². The first kappa shape index (κ1) is 21.8. The quantitative estimate of drug-likeness (QED) is 0.641. The van der Waals surface area contributed by atoms with E-state index < -0.39 is 9.84 Å². The van der Waals surface area contributed by atoms with Crippen LogP contribution in [0.2, 0.25) is 0 Å². The molecule has 2 rings (SSSR count). The van der Waals surface area contributed by atoms with Crippen LogP contribution in [0.3, 0.4) is 0 Å². The molecule has 0 N–H and O–H groups in total. The van der Waals surface area contributed by atoms with Gasteiger partial charge in [-0.05, 0) is 36.2 Å². The molecule has 7 heteroatoms. The number of ether oxygens (including phenoxy) is 2. The summed E-state index contributed by atoms with van der Waals surface area (Å²) in [7, 11) is 1.72. The molecule has 0 aliphatic heterocycles. The molecule has 2 aromatic rings. The molecule has 1 atom stereocenters. The number of hydrogen-bond acceptors (Lipinski definition) is 5. The Kier molecular flexibility index (Phi) is 7.45. The summed E-state index contributed by atoms with van der Waals surface area (Å²) in [6.07, 6.45) is 1.62. The highest BCUT2D eigenvalue weighted by Crippen LogP contribution is 2.32. The highest BCUT2D eigenvalue weighted by molar-refractivity contribution is 7.90. The van der Waals surface area contributed by atoms with Crippen LogP contribution in [0.5, 0.6) is 11.5 Å². The highest BCUT2D eigenvalue weighted by Gasteiger charge is 2.21. The second kappa shape index (κ2) is 9.59. The summed E-state index contributed by atoms with van der Waals surface area (Å²) in [6.45, 7) is 0.388. The van der Waals surface area contributed by atoms with Crippen molar-refractivity contribution in [2.75, 3.05) is 39.8 Å². The van der Waals surface area contributed by atoms with Gasteiger partial charge in [0.15, 0.2) is 11.5 Å². The summed E-state index contributed by atoms with van der Waals surface area (Å²) in [6, 6.07) is 14.5. The van der Waals surface area contributed by atoms with Crippen molar-refractivity contribution in [2.45, 2.75) is 12.3 Å². The summed E-state index contributed by atoms with van der Waals surface area (Å²) >= 11 is 0. The molecular formula is C21H27NO5S. The number of rotatable bonds is 9. The Morgan fingerprint density at radius 1 is 1.04 bits per heavy atom. The van der Waals surface area contributed by atoms with Crippen LogP contribution in [0.25, 0.3) is 0 Å². The van der Waals surface area contributed by atoms with Gasteiger partial charge in [0.05, 0.1) is 20.0 Å². The van der Waals surface area contributed by atoms with Gasteiger partial charge in [0, 0.05) is 31.3 Å². The van der Waals surface area contributed by atoms with Crippen molar-refractivity contribution >= 4 is 15.7 Å². The first-order valence-corrected chi connectivity index (χ1v) is 11.0. The first-order valence-electron chi connectivity index (χ1n) is 8.95. The monoisotopic (exact) mass is 405 g/mol. The minimum atomic E-state index is -3.12. The normalized spacial score (nSPS) is 12.3. The molecule has 0 radical (unpaired) electrons. The predicted molar refractivity (Wildman–Crippen MR) is 110 cm³/mol. The smallest absolute Gasteiger partial charge is 0.253 e. The second-order valence-electron chi connectivity index (χ2n) is 6.78. The third kappa shape index (κ3) is 5.99. The topological polar surface area (TPSA) is 72.9 Å². The Labute approximate surface area is 167 Å². The number of sulfone groups is 1. The SMILES string of the molecule is COc1ccc(C(CCS(C)(=O)=O)CN(C)C(=O)c2ccccc2)cc1OC. The van der Waals surface area contributed by atoms with Crippen molar-refractivity contribution in [3.05, 3.63) is 59.7 Å². The molecule has 0 aliphatic rings. The van der Waals surface area contributed by atoms with E-state index in [4.69, 9.17) is 9.47 Å². The fourth-order valence-corrected chi connectivity index (χ4v) is 3.75. The zero-order valence-electron chi connectivity index (χ0n) is 16.7. The summed E-state index contributed by atoms with van der Waals surface area (Å²) in [5.41, 5.74) is 1.49. The van der Waals surface area contributed by atoms with E-state index in [1.165, 1.54) is 6.26 Å². The molecule has 2 aromatic carbocycles. The van der Waals surface area contributed by atoms with Crippen molar-refractivity contribution in [3.63, 3.8) is 0 Å². The zero-order valence-corrected chi connectivity index (χ0v) is 17.5. The van der Waals surface area contributed by atoms with Crippen molar-refractivity contribution in [2.24, 2.45) is 0 Å². The van der Waals surface area contributed by atoms with Gasteiger partial charge in [0.2, 0.25) is 0 Å². The molecular weight excluding hydrogens is 378 g/mol. The van der Waals surface area contributed by atoms with Crippen LogP contribution in [0.15, 0.2) is 48.5 Å². The first-order chi connectivity index (χ1) is 13.2. The van der Waals surface area contributed by atoms with Gasteiger partial charge in [-0.2, -0.15) is 0 Å². The number of benzene rings is 2. The number of hydrogen-bond donors (Lipinski definition) is 0. The van der Waals surface area contributed by atoms with Crippen molar-refractivity contribution in [1.82, 2.24) is 4.90 Å². The molecule has 0 aliphatic carbocycles. The summed E-state index contributed by atoms with van der Waals surface area (Å²) in [5.74, 6) is 0.945. The molecule has 0 fully saturated rings. The molecule has 0 spiro atoms. The number of carbonyl (C=O) groups is 1. The number of carbonyl (C=O) groups excluding carboxylic acids is 1. The summed E-state index contributed by atoms with van der Waals surface area (Å²) in [5, 5.41) is 0. The lowest BCUT2D eigenvalue weighted by molar-refractivity contribution is 0.0785. The van der Waals surface area contributed by atoms with Crippen molar-refractivity contribution < 1.29 is 22.7 Å². The zero-order chi connectivity index (χ0) is 20.7. The molecule has 152 valence electrons.